The molecule has 0 saturated carbocycles. The van der Waals surface area contributed by atoms with Gasteiger partial charge in [-0.1, -0.05) is 11.6 Å². The first kappa shape index (κ1) is 12.9. The van der Waals surface area contributed by atoms with Crippen LogP contribution in [0.4, 0.5) is 0 Å². The molecule has 2 amide bonds. The Kier molecular flexibility index (Phi) is 3.10. The van der Waals surface area contributed by atoms with Gasteiger partial charge in [-0.15, -0.1) is 0 Å². The van der Waals surface area contributed by atoms with E-state index in [-0.39, 0.29) is 17.9 Å². The summed E-state index contributed by atoms with van der Waals surface area (Å²) in [4.78, 5) is 29.4. The Morgan fingerprint density at radius 3 is 2.95 bits per heavy atom. The predicted molar refractivity (Wildman–Crippen MR) is 73.7 cm³/mol. The third-order valence-electron chi connectivity index (χ3n) is 3.32. The molecule has 1 unspecified atom stereocenters. The first-order chi connectivity index (χ1) is 9.52. The zero-order chi connectivity index (χ0) is 14.3. The largest absolute Gasteiger partial charge is 0.346 e. The van der Waals surface area contributed by atoms with Gasteiger partial charge in [-0.3, -0.25) is 9.59 Å². The first-order valence-corrected chi connectivity index (χ1v) is 6.60. The van der Waals surface area contributed by atoms with Crippen LogP contribution in [-0.2, 0) is 4.79 Å². The highest BCUT2D eigenvalue weighted by Crippen LogP contribution is 2.13. The summed E-state index contributed by atoms with van der Waals surface area (Å²) in [5.41, 5.74) is 0.966. The van der Waals surface area contributed by atoms with Crippen LogP contribution in [-0.4, -0.2) is 45.7 Å². The number of likely N-dealkylation sites (N-methyl/N-ethyl adjacent to an activating group) is 1. The predicted octanol–water partition coefficient (Wildman–Crippen LogP) is 0.948. The van der Waals surface area contributed by atoms with Gasteiger partial charge in [0.15, 0.2) is 0 Å². The van der Waals surface area contributed by atoms with Crippen LogP contribution in [0.25, 0.3) is 5.65 Å². The van der Waals surface area contributed by atoms with Crippen LogP contribution in [0.1, 0.15) is 16.9 Å². The molecule has 6 nitrogen and oxygen atoms in total. The second kappa shape index (κ2) is 4.79. The lowest BCUT2D eigenvalue weighted by Gasteiger charge is -2.10. The summed E-state index contributed by atoms with van der Waals surface area (Å²) >= 11 is 5.88. The van der Waals surface area contributed by atoms with Crippen LogP contribution in [0, 0.1) is 0 Å². The SMILES string of the molecule is CN1CC(NC(=O)c2cn3cc(Cl)ccc3n2)CC1=O. The Morgan fingerprint density at radius 1 is 1.45 bits per heavy atom. The summed E-state index contributed by atoms with van der Waals surface area (Å²) in [6, 6.07) is 3.30. The van der Waals surface area contributed by atoms with Gasteiger partial charge in [0.2, 0.25) is 5.91 Å². The van der Waals surface area contributed by atoms with Crippen molar-refractivity contribution in [2.24, 2.45) is 0 Å². The Hall–Kier alpha value is -2.08. The topological polar surface area (TPSA) is 66.7 Å². The van der Waals surface area contributed by atoms with Crippen LogP contribution in [0.2, 0.25) is 5.02 Å². The minimum Gasteiger partial charge on any atom is -0.346 e. The molecule has 1 atom stereocenters. The molecule has 3 rings (SSSR count). The van der Waals surface area contributed by atoms with Gasteiger partial charge in [0, 0.05) is 32.4 Å². The molecule has 1 N–H and O–H groups in total. The quantitative estimate of drug-likeness (QED) is 0.896. The molecule has 7 heteroatoms. The van der Waals surface area contributed by atoms with Crippen molar-refractivity contribution in [2.45, 2.75) is 12.5 Å². The molecule has 0 aromatic carbocycles. The van der Waals surface area contributed by atoms with Gasteiger partial charge in [-0.2, -0.15) is 0 Å². The highest BCUT2D eigenvalue weighted by molar-refractivity contribution is 6.30. The number of carbonyl (C=O) groups is 2. The van der Waals surface area contributed by atoms with Gasteiger partial charge in [0.1, 0.15) is 11.3 Å². The molecule has 0 radical (unpaired) electrons. The standard InChI is InChI=1S/C13H13ClN4O2/c1-17-6-9(4-12(17)19)15-13(20)10-7-18-5-8(14)2-3-11(18)16-10/h2-3,5,7,9H,4,6H2,1H3,(H,15,20). The number of amides is 2. The van der Waals surface area contributed by atoms with Crippen molar-refractivity contribution in [3.05, 3.63) is 35.2 Å². The summed E-state index contributed by atoms with van der Waals surface area (Å²) in [7, 11) is 1.72. The second-order valence-electron chi connectivity index (χ2n) is 4.89. The zero-order valence-corrected chi connectivity index (χ0v) is 11.6. The Bertz CT molecular complexity index is 697. The highest BCUT2D eigenvalue weighted by atomic mass is 35.5. The Balaban J connectivity index is 1.77. The molecule has 0 aliphatic carbocycles. The van der Waals surface area contributed by atoms with Crippen LogP contribution in [0.15, 0.2) is 24.5 Å². The van der Waals surface area contributed by atoms with Crippen molar-refractivity contribution >= 4 is 29.1 Å². The number of fused-ring (bicyclic) bond motifs is 1. The molecule has 0 bridgehead atoms. The molecule has 104 valence electrons. The number of carbonyl (C=O) groups excluding carboxylic acids is 2. The average molecular weight is 293 g/mol. The van der Waals surface area contributed by atoms with Gasteiger partial charge in [0.05, 0.1) is 11.1 Å². The molecule has 1 aliphatic rings. The third kappa shape index (κ3) is 2.34. The maximum absolute atomic E-state index is 12.1. The number of likely N-dealkylation sites (tertiary alicyclic amines) is 1. The molecular weight excluding hydrogens is 280 g/mol. The van der Waals surface area contributed by atoms with Crippen LogP contribution >= 0.6 is 11.6 Å². The maximum atomic E-state index is 12.1. The number of rotatable bonds is 2. The number of hydrogen-bond donors (Lipinski definition) is 1. The summed E-state index contributed by atoms with van der Waals surface area (Å²) in [6.45, 7) is 0.532. The summed E-state index contributed by atoms with van der Waals surface area (Å²) in [6.07, 6.45) is 3.64. The van der Waals surface area contributed by atoms with Gasteiger partial charge < -0.3 is 14.6 Å². The molecular formula is C13H13ClN4O2. The van der Waals surface area contributed by atoms with Gasteiger partial charge in [-0.05, 0) is 12.1 Å². The smallest absolute Gasteiger partial charge is 0.271 e. The van der Waals surface area contributed by atoms with E-state index in [1.807, 2.05) is 0 Å². The molecule has 1 fully saturated rings. The average Bonchev–Trinajstić information content (AvgIpc) is 2.93. The zero-order valence-electron chi connectivity index (χ0n) is 10.8. The normalized spacial score (nSPS) is 18.8. The van der Waals surface area contributed by atoms with E-state index in [2.05, 4.69) is 10.3 Å². The summed E-state index contributed by atoms with van der Waals surface area (Å²) < 4.78 is 1.70. The van der Waals surface area contributed by atoms with E-state index >= 15 is 0 Å². The van der Waals surface area contributed by atoms with E-state index in [0.29, 0.717) is 29.3 Å². The van der Waals surface area contributed by atoms with Gasteiger partial charge in [-0.25, -0.2) is 4.98 Å². The molecule has 1 saturated heterocycles. The molecule has 2 aromatic rings. The maximum Gasteiger partial charge on any atom is 0.271 e. The van der Waals surface area contributed by atoms with Crippen LogP contribution in [0.5, 0.6) is 0 Å². The molecule has 2 aromatic heterocycles. The minimum absolute atomic E-state index is 0.0390. The molecule has 3 heterocycles. The molecule has 1 aliphatic heterocycles. The number of halogens is 1. The highest BCUT2D eigenvalue weighted by Gasteiger charge is 2.28. The number of aromatic nitrogens is 2. The van der Waals surface area contributed by atoms with E-state index in [4.69, 9.17) is 11.6 Å². The van der Waals surface area contributed by atoms with Crippen molar-refractivity contribution in [1.29, 1.82) is 0 Å². The third-order valence-corrected chi connectivity index (χ3v) is 3.55. The number of nitrogens with zero attached hydrogens (tertiary/aromatic N) is 3. The van der Waals surface area contributed by atoms with Gasteiger partial charge in [0.25, 0.3) is 5.91 Å². The molecule has 0 spiro atoms. The van der Waals surface area contributed by atoms with Crippen LogP contribution < -0.4 is 5.32 Å². The summed E-state index contributed by atoms with van der Waals surface area (Å²) in [5.74, 6) is -0.241. The van der Waals surface area contributed by atoms with Crippen molar-refractivity contribution in [1.82, 2.24) is 19.6 Å². The van der Waals surface area contributed by atoms with E-state index in [1.54, 1.807) is 40.9 Å². The second-order valence-corrected chi connectivity index (χ2v) is 5.32. The van der Waals surface area contributed by atoms with E-state index in [0.717, 1.165) is 0 Å². The minimum atomic E-state index is -0.280. The monoisotopic (exact) mass is 292 g/mol. The van der Waals surface area contributed by atoms with Crippen molar-refractivity contribution in [3.63, 3.8) is 0 Å². The number of pyridine rings is 1. The number of imidazole rings is 1. The molecule has 20 heavy (non-hydrogen) atoms. The Morgan fingerprint density at radius 2 is 2.25 bits per heavy atom. The number of nitrogens with one attached hydrogen (secondary N) is 1. The fraction of sp³-hybridized carbons (Fsp3) is 0.308. The number of hydrogen-bond acceptors (Lipinski definition) is 3. The lowest BCUT2D eigenvalue weighted by atomic mass is 10.2. The van der Waals surface area contributed by atoms with Crippen molar-refractivity contribution in [3.8, 4) is 0 Å². The fourth-order valence-electron chi connectivity index (χ4n) is 2.29. The van der Waals surface area contributed by atoms with Crippen molar-refractivity contribution in [2.75, 3.05) is 13.6 Å². The van der Waals surface area contributed by atoms with Crippen molar-refractivity contribution < 1.29 is 9.59 Å². The van der Waals surface area contributed by atoms with Gasteiger partial charge >= 0.3 is 0 Å². The van der Waals surface area contributed by atoms with Crippen LogP contribution in [0.3, 0.4) is 0 Å². The fourth-order valence-corrected chi connectivity index (χ4v) is 2.46. The van der Waals surface area contributed by atoms with E-state index in [9.17, 15) is 9.59 Å². The lowest BCUT2D eigenvalue weighted by molar-refractivity contribution is -0.126. The van der Waals surface area contributed by atoms with E-state index in [1.165, 1.54) is 0 Å². The lowest BCUT2D eigenvalue weighted by Crippen LogP contribution is -2.36. The van der Waals surface area contributed by atoms with E-state index < -0.39 is 0 Å². The first-order valence-electron chi connectivity index (χ1n) is 6.22. The summed E-state index contributed by atoms with van der Waals surface area (Å²) in [5, 5.41) is 3.40. The Labute approximate surface area is 120 Å².